The van der Waals surface area contributed by atoms with Crippen LogP contribution in [0.25, 0.3) is 0 Å². The molecule has 0 saturated carbocycles. The fraction of sp³-hybridized carbons (Fsp3) is 0.125. The highest BCUT2D eigenvalue weighted by Gasteiger charge is 2.19. The normalized spacial score (nSPS) is 9.71. The predicted octanol–water partition coefficient (Wildman–Crippen LogP) is -0.159. The van der Waals surface area contributed by atoms with E-state index in [0.29, 0.717) is 12.0 Å². The molecular formula is C8H8BClO4. The quantitative estimate of drug-likeness (QED) is 0.542. The van der Waals surface area contributed by atoms with Crippen LogP contribution < -0.4 is 10.2 Å². The van der Waals surface area contributed by atoms with Gasteiger partial charge >= 0.3 is 7.12 Å². The van der Waals surface area contributed by atoms with Crippen LogP contribution in [0.3, 0.4) is 0 Å². The first-order valence-corrected chi connectivity index (χ1v) is 4.16. The molecule has 0 aromatic heterocycles. The Morgan fingerprint density at radius 2 is 2.14 bits per heavy atom. The van der Waals surface area contributed by atoms with E-state index in [-0.39, 0.29) is 16.0 Å². The van der Waals surface area contributed by atoms with E-state index in [1.807, 2.05) is 0 Å². The monoisotopic (exact) mass is 214 g/mol. The number of rotatable bonds is 3. The summed E-state index contributed by atoms with van der Waals surface area (Å²) in [6, 6.07) is 2.78. The number of carbonyl (C=O) groups excluding carboxylic acids is 1. The Morgan fingerprint density at radius 3 is 2.57 bits per heavy atom. The zero-order chi connectivity index (χ0) is 10.7. The Hall–Kier alpha value is -1.04. The topological polar surface area (TPSA) is 66.8 Å². The summed E-state index contributed by atoms with van der Waals surface area (Å²) in [4.78, 5) is 10.6. The summed E-state index contributed by atoms with van der Waals surface area (Å²) < 4.78 is 4.86. The molecule has 1 aromatic carbocycles. The third-order valence-electron chi connectivity index (χ3n) is 1.74. The zero-order valence-electron chi connectivity index (χ0n) is 7.40. The smallest absolute Gasteiger partial charge is 0.490 e. The van der Waals surface area contributed by atoms with Gasteiger partial charge in [-0.2, -0.15) is 0 Å². The van der Waals surface area contributed by atoms with Crippen LogP contribution in [-0.4, -0.2) is 30.6 Å². The molecule has 1 aromatic rings. The standard InChI is InChI=1S/C8H8BClO4/c1-14-6-2-5(4-11)8(10)7(3-6)9(12)13/h2-4,12-13H,1H3. The number of hydrogen-bond donors (Lipinski definition) is 2. The first-order chi connectivity index (χ1) is 6.60. The molecule has 6 heteroatoms. The lowest BCUT2D eigenvalue weighted by molar-refractivity contribution is 0.112. The van der Waals surface area contributed by atoms with Crippen LogP contribution in [0.4, 0.5) is 0 Å². The van der Waals surface area contributed by atoms with Gasteiger partial charge in [0.25, 0.3) is 0 Å². The molecule has 0 unspecified atom stereocenters. The van der Waals surface area contributed by atoms with Gasteiger partial charge in [0.05, 0.1) is 12.1 Å². The van der Waals surface area contributed by atoms with Crippen LogP contribution in [0.1, 0.15) is 10.4 Å². The van der Waals surface area contributed by atoms with Crippen molar-refractivity contribution in [3.8, 4) is 5.75 Å². The number of aldehydes is 1. The van der Waals surface area contributed by atoms with Crippen LogP contribution in [-0.2, 0) is 0 Å². The first-order valence-electron chi connectivity index (χ1n) is 3.79. The van der Waals surface area contributed by atoms with Gasteiger partial charge in [-0.05, 0) is 12.1 Å². The highest BCUT2D eigenvalue weighted by atomic mass is 35.5. The number of hydrogen-bond acceptors (Lipinski definition) is 4. The Kier molecular flexibility index (Phi) is 3.52. The predicted molar refractivity (Wildman–Crippen MR) is 53.2 cm³/mol. The maximum atomic E-state index is 10.6. The van der Waals surface area contributed by atoms with Crippen molar-refractivity contribution in [1.82, 2.24) is 0 Å². The van der Waals surface area contributed by atoms with Gasteiger partial charge in [-0.25, -0.2) is 0 Å². The minimum atomic E-state index is -1.73. The van der Waals surface area contributed by atoms with E-state index in [1.54, 1.807) is 0 Å². The molecule has 4 nitrogen and oxygen atoms in total. The van der Waals surface area contributed by atoms with E-state index < -0.39 is 7.12 Å². The number of benzene rings is 1. The number of methoxy groups -OCH3 is 1. The second-order valence-electron chi connectivity index (χ2n) is 2.61. The summed E-state index contributed by atoms with van der Waals surface area (Å²) in [6.07, 6.45) is 0.525. The van der Waals surface area contributed by atoms with Crippen molar-refractivity contribution in [3.63, 3.8) is 0 Å². The van der Waals surface area contributed by atoms with Crippen molar-refractivity contribution < 1.29 is 19.6 Å². The van der Waals surface area contributed by atoms with Crippen LogP contribution in [0.5, 0.6) is 5.75 Å². The number of halogens is 1. The van der Waals surface area contributed by atoms with Gasteiger partial charge < -0.3 is 14.8 Å². The van der Waals surface area contributed by atoms with Gasteiger partial charge in [0, 0.05) is 11.0 Å². The summed E-state index contributed by atoms with van der Waals surface area (Å²) in [5.74, 6) is 0.347. The average molecular weight is 214 g/mol. The van der Waals surface area contributed by atoms with E-state index >= 15 is 0 Å². The minimum absolute atomic E-state index is 0.0239. The fourth-order valence-electron chi connectivity index (χ4n) is 1.03. The van der Waals surface area contributed by atoms with Crippen molar-refractivity contribution in [2.75, 3.05) is 7.11 Å². The lowest BCUT2D eigenvalue weighted by atomic mass is 9.79. The Labute approximate surface area is 86.2 Å². The first kappa shape index (κ1) is 11.0. The molecule has 14 heavy (non-hydrogen) atoms. The van der Waals surface area contributed by atoms with E-state index in [4.69, 9.17) is 26.4 Å². The van der Waals surface area contributed by atoms with E-state index in [0.717, 1.165) is 0 Å². The van der Waals surface area contributed by atoms with E-state index in [9.17, 15) is 4.79 Å². The third-order valence-corrected chi connectivity index (χ3v) is 2.18. The summed E-state index contributed by atoms with van der Waals surface area (Å²) in [5, 5.41) is 17.9. The van der Waals surface area contributed by atoms with Crippen LogP contribution >= 0.6 is 11.6 Å². The number of ether oxygens (including phenoxy) is 1. The summed E-state index contributed by atoms with van der Waals surface area (Å²) in [5.41, 5.74) is 0.210. The summed E-state index contributed by atoms with van der Waals surface area (Å²) in [6.45, 7) is 0. The second kappa shape index (κ2) is 4.46. The van der Waals surface area contributed by atoms with Gasteiger partial charge in [0.15, 0.2) is 6.29 Å². The Balaban J connectivity index is 3.34. The molecule has 0 fully saturated rings. The lowest BCUT2D eigenvalue weighted by Crippen LogP contribution is -2.31. The maximum Gasteiger partial charge on any atom is 0.490 e. The van der Waals surface area contributed by atoms with Gasteiger partial charge in [-0.15, -0.1) is 0 Å². The Morgan fingerprint density at radius 1 is 1.50 bits per heavy atom. The molecule has 74 valence electrons. The summed E-state index contributed by atoms with van der Waals surface area (Å²) >= 11 is 5.73. The van der Waals surface area contributed by atoms with Gasteiger partial charge in [0.1, 0.15) is 5.75 Å². The zero-order valence-corrected chi connectivity index (χ0v) is 8.15. The van der Waals surface area contributed by atoms with Crippen molar-refractivity contribution in [2.24, 2.45) is 0 Å². The van der Waals surface area contributed by atoms with Crippen molar-refractivity contribution in [2.45, 2.75) is 0 Å². The minimum Gasteiger partial charge on any atom is -0.497 e. The summed E-state index contributed by atoms with van der Waals surface area (Å²) in [7, 11) is -0.318. The second-order valence-corrected chi connectivity index (χ2v) is 2.99. The lowest BCUT2D eigenvalue weighted by Gasteiger charge is -2.08. The SMILES string of the molecule is COc1cc(C=O)c(Cl)c(B(O)O)c1. The van der Waals surface area contributed by atoms with Gasteiger partial charge in [-0.1, -0.05) is 11.6 Å². The van der Waals surface area contributed by atoms with Crippen molar-refractivity contribution in [1.29, 1.82) is 0 Å². The fourth-order valence-corrected chi connectivity index (χ4v) is 1.28. The number of carbonyl (C=O) groups is 1. The van der Waals surface area contributed by atoms with Crippen LogP contribution in [0.15, 0.2) is 12.1 Å². The third kappa shape index (κ3) is 2.06. The molecule has 0 aliphatic rings. The molecule has 1 rings (SSSR count). The largest absolute Gasteiger partial charge is 0.497 e. The molecule has 2 N–H and O–H groups in total. The highest BCUT2D eigenvalue weighted by molar-refractivity contribution is 6.63. The molecule has 0 radical (unpaired) electrons. The highest BCUT2D eigenvalue weighted by Crippen LogP contribution is 2.18. The molecule has 0 atom stereocenters. The molecule has 0 heterocycles. The average Bonchev–Trinajstić information content (AvgIpc) is 2.17. The van der Waals surface area contributed by atoms with Crippen molar-refractivity contribution >= 4 is 30.5 Å². The molecule has 0 amide bonds. The molecule has 0 aliphatic carbocycles. The molecule has 0 spiro atoms. The van der Waals surface area contributed by atoms with E-state index in [1.165, 1.54) is 19.2 Å². The molecular weight excluding hydrogens is 206 g/mol. The van der Waals surface area contributed by atoms with Crippen molar-refractivity contribution in [3.05, 3.63) is 22.7 Å². The van der Waals surface area contributed by atoms with E-state index in [2.05, 4.69) is 0 Å². The van der Waals surface area contributed by atoms with Crippen LogP contribution in [0, 0.1) is 0 Å². The molecule has 0 saturated heterocycles. The maximum absolute atomic E-state index is 10.6. The Bertz CT molecular complexity index is 353. The van der Waals surface area contributed by atoms with Crippen LogP contribution in [0.2, 0.25) is 5.02 Å². The van der Waals surface area contributed by atoms with Gasteiger partial charge in [-0.3, -0.25) is 4.79 Å². The molecule has 0 aliphatic heterocycles. The molecule has 0 bridgehead atoms. The van der Waals surface area contributed by atoms with Gasteiger partial charge in [0.2, 0.25) is 0 Å².